The lowest BCUT2D eigenvalue weighted by molar-refractivity contribution is 0.395. The number of nitrogens with zero attached hydrogens (tertiary/aromatic N) is 2. The minimum Gasteiger partial charge on any atom is -0.497 e. The van der Waals surface area contributed by atoms with E-state index in [4.69, 9.17) is 9.47 Å². The zero-order valence-electron chi connectivity index (χ0n) is 10.6. The first-order valence-corrected chi connectivity index (χ1v) is 5.51. The van der Waals surface area contributed by atoms with Crippen LogP contribution in [0.2, 0.25) is 0 Å². The van der Waals surface area contributed by atoms with Crippen LogP contribution in [0.25, 0.3) is 11.3 Å². The van der Waals surface area contributed by atoms with Crippen molar-refractivity contribution < 1.29 is 9.47 Å². The van der Waals surface area contributed by atoms with Crippen LogP contribution in [0.5, 0.6) is 11.5 Å². The number of rotatable bonds is 4. The van der Waals surface area contributed by atoms with Crippen LogP contribution < -0.4 is 14.8 Å². The highest BCUT2D eigenvalue weighted by molar-refractivity contribution is 5.69. The van der Waals surface area contributed by atoms with Crippen molar-refractivity contribution in [2.24, 2.45) is 0 Å². The summed E-state index contributed by atoms with van der Waals surface area (Å²) in [5.41, 5.74) is 1.70. The molecule has 5 nitrogen and oxygen atoms in total. The standard InChI is InChI=1S/C13H15N3O2/c1-14-13-15-7-6-11(16-13)10-5-4-9(17-2)8-12(10)18-3/h4-8H,1-3H3,(H,14,15,16). The van der Waals surface area contributed by atoms with Crippen molar-refractivity contribution in [3.8, 4) is 22.8 Å². The Balaban J connectivity index is 2.48. The number of anilines is 1. The van der Waals surface area contributed by atoms with Crippen molar-refractivity contribution >= 4 is 5.95 Å². The molecule has 5 heteroatoms. The fourth-order valence-electron chi connectivity index (χ4n) is 1.64. The molecule has 1 aromatic heterocycles. The third-order valence-corrected chi connectivity index (χ3v) is 2.56. The molecule has 0 atom stereocenters. The number of hydrogen-bond acceptors (Lipinski definition) is 5. The lowest BCUT2D eigenvalue weighted by Gasteiger charge is -2.10. The van der Waals surface area contributed by atoms with Gasteiger partial charge >= 0.3 is 0 Å². The fraction of sp³-hybridized carbons (Fsp3) is 0.231. The van der Waals surface area contributed by atoms with Crippen LogP contribution in [0.1, 0.15) is 0 Å². The Bertz CT molecular complexity index is 544. The predicted octanol–water partition coefficient (Wildman–Crippen LogP) is 2.20. The van der Waals surface area contributed by atoms with Crippen LogP contribution in [0.3, 0.4) is 0 Å². The third-order valence-electron chi connectivity index (χ3n) is 2.56. The van der Waals surface area contributed by atoms with Crippen LogP contribution in [0.15, 0.2) is 30.5 Å². The minimum absolute atomic E-state index is 0.574. The van der Waals surface area contributed by atoms with Gasteiger partial charge in [0.05, 0.1) is 19.9 Å². The molecule has 0 bridgehead atoms. The largest absolute Gasteiger partial charge is 0.497 e. The summed E-state index contributed by atoms with van der Waals surface area (Å²) >= 11 is 0. The maximum Gasteiger partial charge on any atom is 0.222 e. The second-order valence-electron chi connectivity index (χ2n) is 3.58. The smallest absolute Gasteiger partial charge is 0.222 e. The van der Waals surface area contributed by atoms with Crippen molar-refractivity contribution in [2.45, 2.75) is 0 Å². The van der Waals surface area contributed by atoms with E-state index in [1.807, 2.05) is 24.3 Å². The topological polar surface area (TPSA) is 56.3 Å². The molecule has 0 radical (unpaired) electrons. The summed E-state index contributed by atoms with van der Waals surface area (Å²) in [7, 11) is 5.03. The third kappa shape index (κ3) is 2.34. The first-order chi connectivity index (χ1) is 8.78. The molecule has 1 heterocycles. The number of aromatic nitrogens is 2. The molecule has 0 aliphatic heterocycles. The van der Waals surface area contributed by atoms with Crippen molar-refractivity contribution in [3.05, 3.63) is 30.5 Å². The number of nitrogens with one attached hydrogen (secondary N) is 1. The summed E-state index contributed by atoms with van der Waals surface area (Å²) in [6.45, 7) is 0. The summed E-state index contributed by atoms with van der Waals surface area (Å²) in [4.78, 5) is 8.47. The fourth-order valence-corrected chi connectivity index (χ4v) is 1.64. The Hall–Kier alpha value is -2.30. The molecule has 0 aliphatic carbocycles. The van der Waals surface area contributed by atoms with E-state index in [0.29, 0.717) is 5.95 Å². The number of methoxy groups -OCH3 is 2. The van der Waals surface area contributed by atoms with Gasteiger partial charge in [-0.2, -0.15) is 0 Å². The van der Waals surface area contributed by atoms with Crippen LogP contribution in [0, 0.1) is 0 Å². The van der Waals surface area contributed by atoms with Crippen LogP contribution in [-0.4, -0.2) is 31.2 Å². The van der Waals surface area contributed by atoms with Crippen molar-refractivity contribution in [1.29, 1.82) is 0 Å². The zero-order chi connectivity index (χ0) is 13.0. The highest BCUT2D eigenvalue weighted by Crippen LogP contribution is 2.32. The molecule has 0 amide bonds. The molecule has 0 fully saturated rings. The molecule has 1 aromatic carbocycles. The second-order valence-corrected chi connectivity index (χ2v) is 3.58. The average Bonchev–Trinajstić information content (AvgIpc) is 2.46. The van der Waals surface area contributed by atoms with E-state index >= 15 is 0 Å². The van der Waals surface area contributed by atoms with Crippen LogP contribution in [0.4, 0.5) is 5.95 Å². The monoisotopic (exact) mass is 245 g/mol. The van der Waals surface area contributed by atoms with Gasteiger partial charge < -0.3 is 14.8 Å². The molecule has 94 valence electrons. The van der Waals surface area contributed by atoms with Gasteiger partial charge in [0.1, 0.15) is 11.5 Å². The summed E-state index contributed by atoms with van der Waals surface area (Å²) in [6.07, 6.45) is 1.71. The molecule has 0 saturated carbocycles. The Morgan fingerprint density at radius 2 is 1.94 bits per heavy atom. The van der Waals surface area contributed by atoms with E-state index in [-0.39, 0.29) is 0 Å². The molecule has 0 spiro atoms. The molecular weight excluding hydrogens is 230 g/mol. The molecule has 18 heavy (non-hydrogen) atoms. The Labute approximate surface area is 106 Å². The SMILES string of the molecule is CNc1nccc(-c2ccc(OC)cc2OC)n1. The van der Waals surface area contributed by atoms with Crippen molar-refractivity contribution in [2.75, 3.05) is 26.6 Å². The Kier molecular flexibility index (Phi) is 3.62. The van der Waals surface area contributed by atoms with Gasteiger partial charge in [0.2, 0.25) is 5.95 Å². The second kappa shape index (κ2) is 5.35. The highest BCUT2D eigenvalue weighted by atomic mass is 16.5. The van der Waals surface area contributed by atoms with E-state index in [9.17, 15) is 0 Å². The highest BCUT2D eigenvalue weighted by Gasteiger charge is 2.09. The first-order valence-electron chi connectivity index (χ1n) is 5.51. The molecule has 0 unspecified atom stereocenters. The van der Waals surface area contributed by atoms with Gasteiger partial charge in [-0.3, -0.25) is 0 Å². The van der Waals surface area contributed by atoms with Gasteiger partial charge in [-0.25, -0.2) is 9.97 Å². The molecule has 1 N–H and O–H groups in total. The molecule has 2 aromatic rings. The Morgan fingerprint density at radius 1 is 1.11 bits per heavy atom. The average molecular weight is 245 g/mol. The van der Waals surface area contributed by atoms with Crippen molar-refractivity contribution in [1.82, 2.24) is 9.97 Å². The summed E-state index contributed by atoms with van der Waals surface area (Å²) < 4.78 is 10.5. The van der Waals surface area contributed by atoms with Crippen LogP contribution in [-0.2, 0) is 0 Å². The number of benzene rings is 1. The lowest BCUT2D eigenvalue weighted by atomic mass is 10.1. The quantitative estimate of drug-likeness (QED) is 0.895. The van der Waals surface area contributed by atoms with Gasteiger partial charge in [0.15, 0.2) is 0 Å². The zero-order valence-corrected chi connectivity index (χ0v) is 10.6. The minimum atomic E-state index is 0.574. The van der Waals surface area contributed by atoms with E-state index in [1.165, 1.54) is 0 Å². The van der Waals surface area contributed by atoms with Gasteiger partial charge in [-0.15, -0.1) is 0 Å². The Morgan fingerprint density at radius 3 is 2.61 bits per heavy atom. The molecule has 0 saturated heterocycles. The summed E-state index contributed by atoms with van der Waals surface area (Å²) in [5, 5.41) is 2.91. The van der Waals surface area contributed by atoms with E-state index < -0.39 is 0 Å². The maximum atomic E-state index is 5.35. The first kappa shape index (κ1) is 12.2. The maximum absolute atomic E-state index is 5.35. The number of ether oxygens (including phenoxy) is 2. The van der Waals surface area contributed by atoms with E-state index in [1.54, 1.807) is 27.5 Å². The molecular formula is C13H15N3O2. The van der Waals surface area contributed by atoms with Gasteiger partial charge in [-0.1, -0.05) is 0 Å². The van der Waals surface area contributed by atoms with Crippen LogP contribution >= 0.6 is 0 Å². The van der Waals surface area contributed by atoms with Gasteiger partial charge in [0.25, 0.3) is 0 Å². The molecule has 0 aliphatic rings. The summed E-state index contributed by atoms with van der Waals surface area (Å²) in [6, 6.07) is 7.46. The summed E-state index contributed by atoms with van der Waals surface area (Å²) in [5.74, 6) is 2.04. The predicted molar refractivity (Wildman–Crippen MR) is 70.1 cm³/mol. The normalized spacial score (nSPS) is 9.94. The molecule has 2 rings (SSSR count). The van der Waals surface area contributed by atoms with Gasteiger partial charge in [-0.05, 0) is 18.2 Å². The van der Waals surface area contributed by atoms with Gasteiger partial charge in [0, 0.05) is 24.9 Å². The van der Waals surface area contributed by atoms with E-state index in [0.717, 1.165) is 22.8 Å². The lowest BCUT2D eigenvalue weighted by Crippen LogP contribution is -1.98. The van der Waals surface area contributed by atoms with Crippen molar-refractivity contribution in [3.63, 3.8) is 0 Å². The van der Waals surface area contributed by atoms with E-state index in [2.05, 4.69) is 15.3 Å². The number of hydrogen-bond donors (Lipinski definition) is 1.